The van der Waals surface area contributed by atoms with Crippen LogP contribution >= 0.6 is 11.6 Å². The molecule has 70 valence electrons. The van der Waals surface area contributed by atoms with Crippen molar-refractivity contribution in [1.82, 2.24) is 4.98 Å². The van der Waals surface area contributed by atoms with Gasteiger partial charge in [0.25, 0.3) is 0 Å². The topological polar surface area (TPSA) is 51.2 Å². The second-order valence-electron chi connectivity index (χ2n) is 2.26. The fraction of sp³-hybridized carbons (Fsp3) is 0.250. The van der Waals surface area contributed by atoms with Crippen molar-refractivity contribution in [2.24, 2.45) is 0 Å². The van der Waals surface area contributed by atoms with Gasteiger partial charge in [-0.25, -0.2) is 4.98 Å². The summed E-state index contributed by atoms with van der Waals surface area (Å²) in [6.45, 7) is 0.0627. The summed E-state index contributed by atoms with van der Waals surface area (Å²) in [7, 11) is 1.32. The van der Waals surface area contributed by atoms with Gasteiger partial charge in [-0.1, -0.05) is 11.6 Å². The van der Waals surface area contributed by atoms with Crippen LogP contribution in [-0.2, 0) is 9.53 Å². The minimum atomic E-state index is -0.360. The minimum absolute atomic E-state index is 0.0627. The van der Waals surface area contributed by atoms with Gasteiger partial charge in [-0.2, -0.15) is 0 Å². The number of methoxy groups -OCH3 is 1. The van der Waals surface area contributed by atoms with E-state index in [1.54, 1.807) is 18.3 Å². The fourth-order valence-corrected chi connectivity index (χ4v) is 0.932. The lowest BCUT2D eigenvalue weighted by molar-refractivity contribution is -0.138. The Kier molecular flexibility index (Phi) is 3.52. The maximum absolute atomic E-state index is 10.7. The fourth-order valence-electron chi connectivity index (χ4n) is 0.744. The number of nitrogens with zero attached hydrogens (tertiary/aromatic N) is 1. The second kappa shape index (κ2) is 4.67. The van der Waals surface area contributed by atoms with Gasteiger partial charge in [0, 0.05) is 6.20 Å². The van der Waals surface area contributed by atoms with E-state index in [2.05, 4.69) is 15.0 Å². The van der Waals surface area contributed by atoms with Gasteiger partial charge in [0.15, 0.2) is 0 Å². The molecule has 13 heavy (non-hydrogen) atoms. The first-order valence-corrected chi connectivity index (χ1v) is 4.03. The first kappa shape index (κ1) is 9.80. The number of ether oxygens (including phenoxy) is 1. The monoisotopic (exact) mass is 200 g/mol. The van der Waals surface area contributed by atoms with Crippen molar-refractivity contribution in [3.8, 4) is 0 Å². The van der Waals surface area contributed by atoms with E-state index in [1.165, 1.54) is 7.11 Å². The summed E-state index contributed by atoms with van der Waals surface area (Å²) in [6.07, 6.45) is 1.59. The molecule has 0 unspecified atom stereocenters. The van der Waals surface area contributed by atoms with Gasteiger partial charge >= 0.3 is 5.97 Å². The first-order chi connectivity index (χ1) is 6.24. The van der Waals surface area contributed by atoms with Crippen LogP contribution in [0.2, 0.25) is 5.02 Å². The van der Waals surface area contributed by atoms with Crippen molar-refractivity contribution in [1.29, 1.82) is 0 Å². The van der Waals surface area contributed by atoms with Crippen LogP contribution in [0.15, 0.2) is 18.3 Å². The third-order valence-corrected chi connectivity index (χ3v) is 1.69. The van der Waals surface area contributed by atoms with Crippen LogP contribution in [-0.4, -0.2) is 24.6 Å². The van der Waals surface area contributed by atoms with Crippen LogP contribution in [0.4, 0.5) is 5.82 Å². The zero-order chi connectivity index (χ0) is 9.68. The van der Waals surface area contributed by atoms with Crippen LogP contribution in [0.5, 0.6) is 0 Å². The van der Waals surface area contributed by atoms with Gasteiger partial charge < -0.3 is 10.1 Å². The standard InChI is InChI=1S/C8H9ClN2O2/c1-13-7(12)5-11-8-6(9)3-2-4-10-8/h2-4H,5H2,1H3,(H,10,11). The molecule has 4 nitrogen and oxygen atoms in total. The lowest BCUT2D eigenvalue weighted by atomic mass is 10.4. The number of esters is 1. The summed E-state index contributed by atoms with van der Waals surface area (Å²) in [5, 5.41) is 3.22. The summed E-state index contributed by atoms with van der Waals surface area (Å²) < 4.78 is 4.44. The molecule has 0 fully saturated rings. The summed E-state index contributed by atoms with van der Waals surface area (Å²) in [5.41, 5.74) is 0. The number of hydrogen-bond acceptors (Lipinski definition) is 4. The van der Waals surface area contributed by atoms with Crippen LogP contribution in [0.3, 0.4) is 0 Å². The number of carbonyl (C=O) groups excluding carboxylic acids is 1. The molecular weight excluding hydrogens is 192 g/mol. The Balaban J connectivity index is 2.54. The quantitative estimate of drug-likeness (QED) is 0.748. The van der Waals surface area contributed by atoms with Gasteiger partial charge in [-0.3, -0.25) is 4.79 Å². The van der Waals surface area contributed by atoms with Gasteiger partial charge in [0.1, 0.15) is 12.4 Å². The Morgan fingerprint density at radius 3 is 3.15 bits per heavy atom. The molecule has 0 spiro atoms. The third-order valence-electron chi connectivity index (χ3n) is 1.39. The second-order valence-corrected chi connectivity index (χ2v) is 2.67. The lowest BCUT2D eigenvalue weighted by Crippen LogP contribution is -2.15. The molecular formula is C8H9ClN2O2. The molecule has 1 rings (SSSR count). The van der Waals surface area contributed by atoms with Crippen molar-refractivity contribution in [2.45, 2.75) is 0 Å². The van der Waals surface area contributed by atoms with E-state index in [9.17, 15) is 4.79 Å². The molecule has 1 N–H and O–H groups in total. The average molecular weight is 201 g/mol. The Labute approximate surface area is 80.9 Å². The predicted octanol–water partition coefficient (Wildman–Crippen LogP) is 1.32. The van der Waals surface area contributed by atoms with Crippen LogP contribution in [0.1, 0.15) is 0 Å². The highest BCUT2D eigenvalue weighted by atomic mass is 35.5. The summed E-state index contributed by atoms with van der Waals surface area (Å²) in [6, 6.07) is 3.40. The predicted molar refractivity (Wildman–Crippen MR) is 49.8 cm³/mol. The van der Waals surface area contributed by atoms with Crippen LogP contribution < -0.4 is 5.32 Å². The molecule has 0 bridgehead atoms. The Bertz CT molecular complexity index is 304. The zero-order valence-corrected chi connectivity index (χ0v) is 7.84. The Morgan fingerprint density at radius 1 is 1.77 bits per heavy atom. The number of halogens is 1. The molecule has 0 aliphatic carbocycles. The lowest BCUT2D eigenvalue weighted by Gasteiger charge is -2.04. The number of rotatable bonds is 3. The van der Waals surface area contributed by atoms with Crippen molar-refractivity contribution in [3.63, 3.8) is 0 Å². The highest BCUT2D eigenvalue weighted by molar-refractivity contribution is 6.32. The molecule has 0 atom stereocenters. The van der Waals surface area contributed by atoms with Crippen molar-refractivity contribution >= 4 is 23.4 Å². The SMILES string of the molecule is COC(=O)CNc1ncccc1Cl. The largest absolute Gasteiger partial charge is 0.468 e. The highest BCUT2D eigenvalue weighted by Gasteiger charge is 2.02. The van der Waals surface area contributed by atoms with Gasteiger partial charge in [0.05, 0.1) is 12.1 Å². The van der Waals surface area contributed by atoms with E-state index in [4.69, 9.17) is 11.6 Å². The van der Waals surface area contributed by atoms with E-state index in [0.29, 0.717) is 10.8 Å². The van der Waals surface area contributed by atoms with E-state index >= 15 is 0 Å². The number of pyridine rings is 1. The number of carbonyl (C=O) groups is 1. The van der Waals surface area contributed by atoms with Crippen LogP contribution in [0.25, 0.3) is 0 Å². The molecule has 0 aromatic carbocycles. The number of aromatic nitrogens is 1. The summed E-state index contributed by atoms with van der Waals surface area (Å²) >= 11 is 5.77. The van der Waals surface area contributed by atoms with E-state index < -0.39 is 0 Å². The minimum Gasteiger partial charge on any atom is -0.468 e. The molecule has 0 amide bonds. The third kappa shape index (κ3) is 2.91. The Hall–Kier alpha value is -1.29. The number of hydrogen-bond donors (Lipinski definition) is 1. The molecule has 1 aromatic heterocycles. The van der Waals surface area contributed by atoms with Crippen molar-refractivity contribution in [2.75, 3.05) is 19.0 Å². The van der Waals surface area contributed by atoms with Gasteiger partial charge in [0.2, 0.25) is 0 Å². The number of nitrogens with one attached hydrogen (secondary N) is 1. The van der Waals surface area contributed by atoms with E-state index in [0.717, 1.165) is 0 Å². The van der Waals surface area contributed by atoms with Crippen LogP contribution in [0, 0.1) is 0 Å². The molecule has 0 saturated carbocycles. The van der Waals surface area contributed by atoms with E-state index in [-0.39, 0.29) is 12.5 Å². The normalized spacial score (nSPS) is 9.38. The average Bonchev–Trinajstić information content (AvgIpc) is 2.16. The maximum atomic E-state index is 10.7. The molecule has 0 aliphatic heterocycles. The first-order valence-electron chi connectivity index (χ1n) is 3.65. The molecule has 1 aromatic rings. The molecule has 0 aliphatic rings. The molecule has 5 heteroatoms. The summed E-state index contributed by atoms with van der Waals surface area (Å²) in [5.74, 6) is 0.122. The molecule has 0 saturated heterocycles. The summed E-state index contributed by atoms with van der Waals surface area (Å²) in [4.78, 5) is 14.7. The molecule has 0 radical (unpaired) electrons. The van der Waals surface area contributed by atoms with Crippen molar-refractivity contribution < 1.29 is 9.53 Å². The smallest absolute Gasteiger partial charge is 0.325 e. The zero-order valence-electron chi connectivity index (χ0n) is 7.08. The Morgan fingerprint density at radius 2 is 2.54 bits per heavy atom. The van der Waals surface area contributed by atoms with E-state index in [1.807, 2.05) is 0 Å². The number of anilines is 1. The highest BCUT2D eigenvalue weighted by Crippen LogP contribution is 2.16. The van der Waals surface area contributed by atoms with Gasteiger partial charge in [-0.05, 0) is 12.1 Å². The maximum Gasteiger partial charge on any atom is 0.325 e. The van der Waals surface area contributed by atoms with Gasteiger partial charge in [-0.15, -0.1) is 0 Å². The molecule has 1 heterocycles. The van der Waals surface area contributed by atoms with Crippen molar-refractivity contribution in [3.05, 3.63) is 23.4 Å².